The third-order valence-corrected chi connectivity index (χ3v) is 3.54. The molecule has 0 aliphatic rings. The summed E-state index contributed by atoms with van der Waals surface area (Å²) in [6.07, 6.45) is 2.15. The summed E-state index contributed by atoms with van der Waals surface area (Å²) in [7, 11) is 0. The summed E-state index contributed by atoms with van der Waals surface area (Å²) in [5.41, 5.74) is 1.38. The van der Waals surface area contributed by atoms with Gasteiger partial charge in [0.05, 0.1) is 0 Å². The second-order valence-electron chi connectivity index (χ2n) is 5.22. The van der Waals surface area contributed by atoms with Gasteiger partial charge in [0.15, 0.2) is 0 Å². The minimum absolute atomic E-state index is 0.511. The molecule has 108 valence electrons. The molecule has 1 aromatic carbocycles. The molecule has 0 radical (unpaired) electrons. The monoisotopic (exact) mass is 327 g/mol. The van der Waals surface area contributed by atoms with Crippen molar-refractivity contribution in [3.05, 3.63) is 34.3 Å². The molecule has 3 heteroatoms. The minimum atomic E-state index is 0.511. The lowest BCUT2D eigenvalue weighted by Gasteiger charge is -2.20. The standard InChI is InChI=1S/C16H26BrNO/c1-4-9-19-10-8-15(12-18-13(2)3)14-6-5-7-16(17)11-14/h5-7,11,13,15,18H,4,8-10,12H2,1-3H3. The van der Waals surface area contributed by atoms with Crippen LogP contribution in [-0.4, -0.2) is 25.8 Å². The van der Waals surface area contributed by atoms with Crippen LogP contribution in [0, 0.1) is 0 Å². The van der Waals surface area contributed by atoms with E-state index in [1.165, 1.54) is 5.56 Å². The van der Waals surface area contributed by atoms with E-state index in [0.717, 1.165) is 37.1 Å². The highest BCUT2D eigenvalue weighted by molar-refractivity contribution is 9.10. The number of rotatable bonds is 9. The second kappa shape index (κ2) is 9.51. The zero-order chi connectivity index (χ0) is 14.1. The molecule has 0 aromatic heterocycles. The molecule has 0 amide bonds. The van der Waals surface area contributed by atoms with Crippen molar-refractivity contribution in [3.63, 3.8) is 0 Å². The zero-order valence-corrected chi connectivity index (χ0v) is 13.9. The van der Waals surface area contributed by atoms with Crippen LogP contribution in [0.25, 0.3) is 0 Å². The Bertz CT molecular complexity index is 354. The van der Waals surface area contributed by atoms with Crippen molar-refractivity contribution in [3.8, 4) is 0 Å². The molecule has 19 heavy (non-hydrogen) atoms. The molecule has 1 atom stereocenters. The van der Waals surface area contributed by atoms with Gasteiger partial charge in [0.25, 0.3) is 0 Å². The van der Waals surface area contributed by atoms with Crippen molar-refractivity contribution < 1.29 is 4.74 Å². The van der Waals surface area contributed by atoms with Crippen molar-refractivity contribution >= 4 is 15.9 Å². The average Bonchev–Trinajstić information content (AvgIpc) is 2.37. The first-order chi connectivity index (χ1) is 9.13. The van der Waals surface area contributed by atoms with Gasteiger partial charge in [-0.2, -0.15) is 0 Å². The molecule has 0 fully saturated rings. The Balaban J connectivity index is 2.57. The molecule has 1 N–H and O–H groups in total. The molecule has 0 saturated heterocycles. The van der Waals surface area contributed by atoms with Gasteiger partial charge in [-0.25, -0.2) is 0 Å². The lowest BCUT2D eigenvalue weighted by atomic mass is 9.96. The fraction of sp³-hybridized carbons (Fsp3) is 0.625. The Labute approximate surface area is 126 Å². The average molecular weight is 328 g/mol. The smallest absolute Gasteiger partial charge is 0.0472 e. The van der Waals surface area contributed by atoms with E-state index in [9.17, 15) is 0 Å². The second-order valence-corrected chi connectivity index (χ2v) is 6.13. The van der Waals surface area contributed by atoms with Crippen LogP contribution < -0.4 is 5.32 Å². The number of nitrogens with one attached hydrogen (secondary N) is 1. The molecule has 1 unspecified atom stereocenters. The van der Waals surface area contributed by atoms with Gasteiger partial charge in [-0.05, 0) is 36.5 Å². The van der Waals surface area contributed by atoms with Crippen LogP contribution in [0.1, 0.15) is 45.1 Å². The summed E-state index contributed by atoms with van der Waals surface area (Å²) >= 11 is 3.55. The molecule has 0 aliphatic heterocycles. The van der Waals surface area contributed by atoms with Gasteiger partial charge >= 0.3 is 0 Å². The Morgan fingerprint density at radius 2 is 2.05 bits per heavy atom. The fourth-order valence-corrected chi connectivity index (χ4v) is 2.41. The summed E-state index contributed by atoms with van der Waals surface area (Å²) in [5, 5.41) is 3.53. The highest BCUT2D eigenvalue weighted by Gasteiger charge is 2.12. The predicted octanol–water partition coefficient (Wildman–Crippen LogP) is 4.35. The normalized spacial score (nSPS) is 12.9. The van der Waals surface area contributed by atoms with Gasteiger partial charge in [0.1, 0.15) is 0 Å². The van der Waals surface area contributed by atoms with E-state index in [2.05, 4.69) is 66.3 Å². The van der Waals surface area contributed by atoms with E-state index in [4.69, 9.17) is 4.74 Å². The van der Waals surface area contributed by atoms with E-state index >= 15 is 0 Å². The van der Waals surface area contributed by atoms with Crippen molar-refractivity contribution in [1.82, 2.24) is 5.32 Å². The molecule has 2 nitrogen and oxygen atoms in total. The third-order valence-electron chi connectivity index (χ3n) is 3.05. The first-order valence-electron chi connectivity index (χ1n) is 7.20. The number of hydrogen-bond donors (Lipinski definition) is 1. The first-order valence-corrected chi connectivity index (χ1v) is 7.99. The summed E-state index contributed by atoms with van der Waals surface area (Å²) in [5.74, 6) is 0.511. The summed E-state index contributed by atoms with van der Waals surface area (Å²) < 4.78 is 6.78. The quantitative estimate of drug-likeness (QED) is 0.681. The largest absolute Gasteiger partial charge is 0.381 e. The van der Waals surface area contributed by atoms with Gasteiger partial charge < -0.3 is 10.1 Å². The van der Waals surface area contributed by atoms with E-state index in [1.54, 1.807) is 0 Å². The number of benzene rings is 1. The Kier molecular flexibility index (Phi) is 8.35. The zero-order valence-electron chi connectivity index (χ0n) is 12.3. The highest BCUT2D eigenvalue weighted by atomic mass is 79.9. The van der Waals surface area contributed by atoms with Gasteiger partial charge in [0.2, 0.25) is 0 Å². The summed E-state index contributed by atoms with van der Waals surface area (Å²) in [4.78, 5) is 0. The number of ether oxygens (including phenoxy) is 1. The van der Waals surface area contributed by atoms with Gasteiger partial charge in [0, 0.05) is 30.3 Å². The summed E-state index contributed by atoms with van der Waals surface area (Å²) in [6, 6.07) is 9.12. The molecule has 1 rings (SSSR count). The maximum absolute atomic E-state index is 5.63. The van der Waals surface area contributed by atoms with Crippen LogP contribution in [0.3, 0.4) is 0 Å². The van der Waals surface area contributed by atoms with E-state index in [1.807, 2.05) is 0 Å². The van der Waals surface area contributed by atoms with Gasteiger partial charge in [-0.15, -0.1) is 0 Å². The van der Waals surface area contributed by atoms with Gasteiger partial charge in [-0.3, -0.25) is 0 Å². The first kappa shape index (κ1) is 16.7. The third kappa shape index (κ3) is 7.09. The van der Waals surface area contributed by atoms with E-state index in [-0.39, 0.29) is 0 Å². The SMILES string of the molecule is CCCOCCC(CNC(C)C)c1cccc(Br)c1. The van der Waals surface area contributed by atoms with Crippen LogP contribution >= 0.6 is 15.9 Å². The molecule has 0 spiro atoms. The topological polar surface area (TPSA) is 21.3 Å². The van der Waals surface area contributed by atoms with Gasteiger partial charge in [-0.1, -0.05) is 48.8 Å². The molecule has 0 bridgehead atoms. The van der Waals surface area contributed by atoms with Crippen LogP contribution in [0.5, 0.6) is 0 Å². The van der Waals surface area contributed by atoms with Crippen LogP contribution in [-0.2, 0) is 4.74 Å². The molecule has 1 aromatic rings. The minimum Gasteiger partial charge on any atom is -0.381 e. The van der Waals surface area contributed by atoms with E-state index < -0.39 is 0 Å². The lowest BCUT2D eigenvalue weighted by Crippen LogP contribution is -2.28. The Morgan fingerprint density at radius 1 is 1.26 bits per heavy atom. The molecule has 0 saturated carbocycles. The maximum atomic E-state index is 5.63. The molecular formula is C16H26BrNO. The van der Waals surface area contributed by atoms with Crippen molar-refractivity contribution in [2.45, 2.75) is 45.6 Å². The number of hydrogen-bond acceptors (Lipinski definition) is 2. The van der Waals surface area contributed by atoms with Crippen molar-refractivity contribution in [1.29, 1.82) is 0 Å². The van der Waals surface area contributed by atoms with Crippen LogP contribution in [0.2, 0.25) is 0 Å². The highest BCUT2D eigenvalue weighted by Crippen LogP contribution is 2.22. The van der Waals surface area contributed by atoms with E-state index in [0.29, 0.717) is 12.0 Å². The molecule has 0 aliphatic carbocycles. The molecule has 0 heterocycles. The van der Waals surface area contributed by atoms with Crippen LogP contribution in [0.15, 0.2) is 28.7 Å². The fourth-order valence-electron chi connectivity index (χ4n) is 2.00. The Morgan fingerprint density at radius 3 is 2.68 bits per heavy atom. The Hall–Kier alpha value is -0.380. The number of halogens is 1. The maximum Gasteiger partial charge on any atom is 0.0472 e. The molecular weight excluding hydrogens is 302 g/mol. The predicted molar refractivity (Wildman–Crippen MR) is 85.7 cm³/mol. The lowest BCUT2D eigenvalue weighted by molar-refractivity contribution is 0.127. The van der Waals surface area contributed by atoms with Crippen molar-refractivity contribution in [2.75, 3.05) is 19.8 Å². The summed E-state index contributed by atoms with van der Waals surface area (Å²) in [6.45, 7) is 9.22. The van der Waals surface area contributed by atoms with Crippen LogP contribution in [0.4, 0.5) is 0 Å². The van der Waals surface area contributed by atoms with Crippen molar-refractivity contribution in [2.24, 2.45) is 0 Å².